The summed E-state index contributed by atoms with van der Waals surface area (Å²) in [7, 11) is 2.13. The van der Waals surface area contributed by atoms with Crippen molar-refractivity contribution in [1.82, 2.24) is 19.9 Å². The molecule has 7 aromatic rings. The van der Waals surface area contributed by atoms with Crippen LogP contribution < -0.4 is 0 Å². The molecule has 0 saturated carbocycles. The smallest absolute Gasteiger partial charge is 0.0891 e. The van der Waals surface area contributed by atoms with E-state index in [-0.39, 0.29) is 6.04 Å². The van der Waals surface area contributed by atoms with Crippen LogP contribution in [0.3, 0.4) is 0 Å². The van der Waals surface area contributed by atoms with Crippen molar-refractivity contribution >= 4 is 27.1 Å². The van der Waals surface area contributed by atoms with E-state index in [1.165, 1.54) is 49.4 Å². The summed E-state index contributed by atoms with van der Waals surface area (Å²) in [6.45, 7) is 0. The topological polar surface area (TPSA) is 41.9 Å². The van der Waals surface area contributed by atoms with E-state index in [0.29, 0.717) is 0 Å². The maximum Gasteiger partial charge on any atom is 0.0891 e. The van der Waals surface area contributed by atoms with E-state index >= 15 is 0 Å². The number of benzene rings is 4. The van der Waals surface area contributed by atoms with Gasteiger partial charge in [-0.2, -0.15) is 0 Å². The van der Waals surface area contributed by atoms with Gasteiger partial charge in [0, 0.05) is 37.4 Å². The molecule has 45 heavy (non-hydrogen) atoms. The van der Waals surface area contributed by atoms with Crippen LogP contribution in [0, 0.1) is 0 Å². The number of allylic oxidation sites excluding steroid dienone is 2. The predicted molar refractivity (Wildman–Crippen MR) is 185 cm³/mol. The molecule has 0 radical (unpaired) electrons. The Morgan fingerprint density at radius 2 is 1.22 bits per heavy atom. The number of hydrogen-bond donors (Lipinski definition) is 0. The van der Waals surface area contributed by atoms with Crippen LogP contribution in [0.25, 0.3) is 60.8 Å². The van der Waals surface area contributed by atoms with E-state index in [4.69, 9.17) is 4.98 Å². The lowest BCUT2D eigenvalue weighted by molar-refractivity contribution is 0.385. The van der Waals surface area contributed by atoms with Gasteiger partial charge >= 0.3 is 0 Å². The first-order chi connectivity index (χ1) is 22.2. The number of pyridine rings is 3. The normalized spacial score (nSPS) is 14.6. The Bertz CT molecular complexity index is 2200. The van der Waals surface area contributed by atoms with Gasteiger partial charge in [-0.15, -0.1) is 0 Å². The van der Waals surface area contributed by atoms with Gasteiger partial charge in [0.05, 0.1) is 23.1 Å². The molecule has 1 aliphatic heterocycles. The van der Waals surface area contributed by atoms with Gasteiger partial charge in [0.15, 0.2) is 0 Å². The van der Waals surface area contributed by atoms with E-state index in [1.54, 1.807) is 6.20 Å². The Balaban J connectivity index is 1.36. The van der Waals surface area contributed by atoms with Gasteiger partial charge in [-0.3, -0.25) is 15.0 Å². The van der Waals surface area contributed by atoms with Crippen LogP contribution in [0.5, 0.6) is 0 Å². The number of likely N-dealkylation sites (N-methyl/N-ethyl adjacent to an activating group) is 1. The number of nitrogens with zero attached hydrogens (tertiary/aromatic N) is 4. The molecule has 1 atom stereocenters. The lowest BCUT2D eigenvalue weighted by atomic mass is 9.84. The second-order valence-electron chi connectivity index (χ2n) is 11.4. The van der Waals surface area contributed by atoms with Crippen molar-refractivity contribution in [3.05, 3.63) is 170 Å². The van der Waals surface area contributed by atoms with Crippen LogP contribution in [0.4, 0.5) is 0 Å². The first kappa shape index (κ1) is 26.7. The lowest BCUT2D eigenvalue weighted by Crippen LogP contribution is -2.21. The highest BCUT2D eigenvalue weighted by Gasteiger charge is 2.22. The molecule has 1 aliphatic rings. The molecule has 4 heteroatoms. The van der Waals surface area contributed by atoms with E-state index in [9.17, 15) is 0 Å². The van der Waals surface area contributed by atoms with Crippen molar-refractivity contribution in [3.8, 4) is 33.6 Å². The quantitative estimate of drug-likeness (QED) is 0.191. The van der Waals surface area contributed by atoms with Crippen molar-refractivity contribution in [3.63, 3.8) is 0 Å². The van der Waals surface area contributed by atoms with Gasteiger partial charge in [-0.05, 0) is 85.8 Å². The summed E-state index contributed by atoms with van der Waals surface area (Å²) in [5.74, 6) is 0. The SMILES string of the molecule is CN1C=C(c2c3ccccc3c(-c3ccc(-c4ccccn4)nc3)c3ccc(-c4ccccc4)cc23)C=C[C@H]1c1ccccn1. The molecule has 8 rings (SSSR count). The summed E-state index contributed by atoms with van der Waals surface area (Å²) in [6, 6.07) is 42.6. The third-order valence-corrected chi connectivity index (χ3v) is 8.63. The second kappa shape index (κ2) is 11.3. The van der Waals surface area contributed by atoms with Gasteiger partial charge in [0.25, 0.3) is 0 Å². The van der Waals surface area contributed by atoms with Crippen LogP contribution in [0.1, 0.15) is 17.3 Å². The largest absolute Gasteiger partial charge is 0.368 e. The molecule has 214 valence electrons. The van der Waals surface area contributed by atoms with Crippen LogP contribution in [-0.4, -0.2) is 26.9 Å². The molecule has 0 aliphatic carbocycles. The fourth-order valence-electron chi connectivity index (χ4n) is 6.50. The minimum Gasteiger partial charge on any atom is -0.368 e. The molecule has 0 N–H and O–H groups in total. The van der Waals surface area contributed by atoms with Crippen molar-refractivity contribution in [2.24, 2.45) is 0 Å². The minimum absolute atomic E-state index is 0.0790. The zero-order valence-electron chi connectivity index (χ0n) is 24.9. The van der Waals surface area contributed by atoms with Gasteiger partial charge in [0.2, 0.25) is 0 Å². The molecule has 3 aromatic heterocycles. The average molecular weight is 579 g/mol. The van der Waals surface area contributed by atoms with Crippen molar-refractivity contribution in [2.45, 2.75) is 6.04 Å². The van der Waals surface area contributed by atoms with Crippen molar-refractivity contribution in [1.29, 1.82) is 0 Å². The number of fused-ring (bicyclic) bond motifs is 2. The highest BCUT2D eigenvalue weighted by molar-refractivity contribution is 6.20. The van der Waals surface area contributed by atoms with E-state index < -0.39 is 0 Å². The predicted octanol–water partition coefficient (Wildman–Crippen LogP) is 9.76. The lowest BCUT2D eigenvalue weighted by Gasteiger charge is -2.29. The van der Waals surface area contributed by atoms with E-state index in [2.05, 4.69) is 131 Å². The minimum atomic E-state index is 0.0790. The zero-order chi connectivity index (χ0) is 30.2. The maximum atomic E-state index is 4.87. The third-order valence-electron chi connectivity index (χ3n) is 8.63. The number of hydrogen-bond acceptors (Lipinski definition) is 4. The van der Waals surface area contributed by atoms with Crippen LogP contribution >= 0.6 is 0 Å². The average Bonchev–Trinajstić information content (AvgIpc) is 3.11. The van der Waals surface area contributed by atoms with Crippen LogP contribution in [0.2, 0.25) is 0 Å². The Morgan fingerprint density at radius 3 is 1.93 bits per heavy atom. The standard InChI is InChI=1S/C41H30N4/c1-45-27-31(19-22-39(45)38-16-8-10-24-43-38)41-33-14-6-5-13-32(33)40(30-18-21-37(44-26-30)36-15-7-9-23-42-36)34-20-17-29(25-35(34)41)28-11-3-2-4-12-28/h2-27,39H,1H3/t39-/m0/s1. The molecule has 4 aromatic carbocycles. The molecular weight excluding hydrogens is 548 g/mol. The molecule has 0 unspecified atom stereocenters. The molecule has 4 nitrogen and oxygen atoms in total. The Morgan fingerprint density at radius 1 is 0.533 bits per heavy atom. The Labute approximate surface area is 262 Å². The maximum absolute atomic E-state index is 4.87. The summed E-state index contributed by atoms with van der Waals surface area (Å²) in [4.78, 5) is 16.3. The van der Waals surface area contributed by atoms with Crippen molar-refractivity contribution in [2.75, 3.05) is 7.05 Å². The monoisotopic (exact) mass is 578 g/mol. The summed E-state index contributed by atoms with van der Waals surface area (Å²) in [5.41, 5.74) is 9.80. The van der Waals surface area contributed by atoms with Gasteiger partial charge in [-0.1, -0.05) is 97.1 Å². The van der Waals surface area contributed by atoms with Gasteiger partial charge in [-0.25, -0.2) is 0 Å². The summed E-state index contributed by atoms with van der Waals surface area (Å²) >= 11 is 0. The van der Waals surface area contributed by atoms with Crippen LogP contribution in [0.15, 0.2) is 158 Å². The molecule has 0 fully saturated rings. The summed E-state index contributed by atoms with van der Waals surface area (Å²) < 4.78 is 0. The molecule has 4 heterocycles. The second-order valence-corrected chi connectivity index (χ2v) is 11.4. The molecule has 0 amide bonds. The highest BCUT2D eigenvalue weighted by atomic mass is 15.1. The Kier molecular flexibility index (Phi) is 6.73. The number of aromatic nitrogens is 3. The fourth-order valence-corrected chi connectivity index (χ4v) is 6.50. The summed E-state index contributed by atoms with van der Waals surface area (Å²) in [5, 5.41) is 4.81. The van der Waals surface area contributed by atoms with Crippen molar-refractivity contribution < 1.29 is 0 Å². The first-order valence-corrected chi connectivity index (χ1v) is 15.2. The van der Waals surface area contributed by atoms with Gasteiger partial charge in [0.1, 0.15) is 0 Å². The molecule has 0 saturated heterocycles. The molecule has 0 bridgehead atoms. The highest BCUT2D eigenvalue weighted by Crippen LogP contribution is 2.44. The molecule has 0 spiro atoms. The fraction of sp³-hybridized carbons (Fsp3) is 0.0488. The zero-order valence-corrected chi connectivity index (χ0v) is 24.9. The first-order valence-electron chi connectivity index (χ1n) is 15.2. The Hall–Kier alpha value is -5.87. The third kappa shape index (κ3) is 4.87. The van der Waals surface area contributed by atoms with E-state index in [1.807, 2.05) is 42.7 Å². The van der Waals surface area contributed by atoms with Gasteiger partial charge < -0.3 is 4.90 Å². The van der Waals surface area contributed by atoms with Crippen LogP contribution in [-0.2, 0) is 0 Å². The summed E-state index contributed by atoms with van der Waals surface area (Å²) in [6.07, 6.45) is 12.4. The number of rotatable bonds is 5. The van der Waals surface area contributed by atoms with E-state index in [0.717, 1.165) is 22.6 Å². The molecular formula is C41H30N4.